The molecule has 2 unspecified atom stereocenters. The molecule has 1 saturated heterocycles. The Labute approximate surface area is 105 Å². The van der Waals surface area contributed by atoms with Gasteiger partial charge in [0, 0.05) is 6.54 Å². The van der Waals surface area contributed by atoms with Crippen LogP contribution in [-0.2, 0) is 0 Å². The van der Waals surface area contributed by atoms with Gasteiger partial charge in [-0.3, -0.25) is 0 Å². The van der Waals surface area contributed by atoms with Crippen molar-refractivity contribution in [1.82, 2.24) is 10.2 Å². The van der Waals surface area contributed by atoms with Crippen LogP contribution in [0.1, 0.15) is 39.0 Å². The fourth-order valence-electron chi connectivity index (χ4n) is 3.00. The van der Waals surface area contributed by atoms with E-state index in [2.05, 4.69) is 23.2 Å². The quantitative estimate of drug-likeness (QED) is 0.810. The average Bonchev–Trinajstić information content (AvgIpc) is 3.16. The fraction of sp³-hybridized carbons (Fsp3) is 0.929. The van der Waals surface area contributed by atoms with Crippen molar-refractivity contribution in [1.29, 1.82) is 5.26 Å². The number of nitrogens with one attached hydrogen (secondary N) is 1. The topological polar surface area (TPSA) is 39.1 Å². The molecule has 0 aromatic heterocycles. The Kier molecular flexibility index (Phi) is 4.06. The second kappa shape index (κ2) is 5.37. The molecule has 17 heavy (non-hydrogen) atoms. The Morgan fingerprint density at radius 1 is 1.29 bits per heavy atom. The first kappa shape index (κ1) is 12.9. The Bertz CT molecular complexity index is 292. The van der Waals surface area contributed by atoms with Crippen LogP contribution in [0.3, 0.4) is 0 Å². The zero-order valence-corrected chi connectivity index (χ0v) is 11.2. The highest BCUT2D eigenvalue weighted by molar-refractivity contribution is 5.16. The Balaban J connectivity index is 1.95. The van der Waals surface area contributed by atoms with E-state index in [-0.39, 0.29) is 5.54 Å². The van der Waals surface area contributed by atoms with Crippen LogP contribution in [0.15, 0.2) is 0 Å². The molecule has 2 aliphatic rings. The molecule has 0 radical (unpaired) electrons. The second-order valence-corrected chi connectivity index (χ2v) is 5.92. The minimum Gasteiger partial charge on any atom is -0.301 e. The van der Waals surface area contributed by atoms with Crippen molar-refractivity contribution in [3.8, 4) is 6.07 Å². The summed E-state index contributed by atoms with van der Waals surface area (Å²) in [5.74, 6) is 1.44. The van der Waals surface area contributed by atoms with Gasteiger partial charge < -0.3 is 10.2 Å². The molecule has 3 nitrogen and oxygen atoms in total. The molecular formula is C14H25N3. The summed E-state index contributed by atoms with van der Waals surface area (Å²) >= 11 is 0. The molecule has 1 aliphatic carbocycles. The summed E-state index contributed by atoms with van der Waals surface area (Å²) in [6.07, 6.45) is 6.36. The summed E-state index contributed by atoms with van der Waals surface area (Å²) in [5, 5.41) is 12.8. The number of nitriles is 1. The maximum atomic E-state index is 9.50. The van der Waals surface area contributed by atoms with E-state index in [4.69, 9.17) is 0 Å². The van der Waals surface area contributed by atoms with Crippen LogP contribution >= 0.6 is 0 Å². The summed E-state index contributed by atoms with van der Waals surface area (Å²) in [5.41, 5.74) is -0.284. The first-order valence-corrected chi connectivity index (χ1v) is 7.02. The predicted molar refractivity (Wildman–Crippen MR) is 69.6 cm³/mol. The van der Waals surface area contributed by atoms with Gasteiger partial charge >= 0.3 is 0 Å². The molecule has 0 bridgehead atoms. The number of rotatable bonds is 4. The number of likely N-dealkylation sites (N-methyl/N-ethyl adjacent to an activating group) is 1. The third kappa shape index (κ3) is 3.00. The second-order valence-electron chi connectivity index (χ2n) is 5.92. The van der Waals surface area contributed by atoms with E-state index in [1.54, 1.807) is 0 Å². The standard InChI is InChI=1S/C14H25N3/c1-12-4-3-8-17(9-7-12)11-14(10-15,16-2)13-5-6-13/h12-13,16H,3-9,11H2,1-2H3. The molecule has 0 aromatic carbocycles. The lowest BCUT2D eigenvalue weighted by Crippen LogP contribution is -2.53. The first-order chi connectivity index (χ1) is 8.20. The lowest BCUT2D eigenvalue weighted by Gasteiger charge is -2.32. The molecule has 1 heterocycles. The summed E-state index contributed by atoms with van der Waals surface area (Å²) < 4.78 is 0. The van der Waals surface area contributed by atoms with Crippen molar-refractivity contribution >= 4 is 0 Å². The van der Waals surface area contributed by atoms with Crippen LogP contribution in [0.2, 0.25) is 0 Å². The normalized spacial score (nSPS) is 30.3. The van der Waals surface area contributed by atoms with Gasteiger partial charge in [-0.05, 0) is 64.1 Å². The van der Waals surface area contributed by atoms with Gasteiger partial charge in [-0.2, -0.15) is 5.26 Å². The highest BCUT2D eigenvalue weighted by atomic mass is 15.2. The predicted octanol–water partition coefficient (Wildman–Crippen LogP) is 2.00. The fourth-order valence-corrected chi connectivity index (χ4v) is 3.00. The maximum Gasteiger partial charge on any atom is 0.122 e. The minimum absolute atomic E-state index is 0.284. The molecule has 0 amide bonds. The van der Waals surface area contributed by atoms with Gasteiger partial charge in [-0.15, -0.1) is 0 Å². The molecule has 2 fully saturated rings. The minimum atomic E-state index is -0.284. The van der Waals surface area contributed by atoms with E-state index < -0.39 is 0 Å². The summed E-state index contributed by atoms with van der Waals surface area (Å²) in [6, 6.07) is 2.55. The number of hydrogen-bond acceptors (Lipinski definition) is 3. The summed E-state index contributed by atoms with van der Waals surface area (Å²) in [4.78, 5) is 2.50. The molecule has 1 saturated carbocycles. The van der Waals surface area contributed by atoms with Crippen molar-refractivity contribution in [3.63, 3.8) is 0 Å². The molecular weight excluding hydrogens is 210 g/mol. The van der Waals surface area contributed by atoms with Crippen molar-refractivity contribution in [2.75, 3.05) is 26.7 Å². The van der Waals surface area contributed by atoms with E-state index in [9.17, 15) is 5.26 Å². The molecule has 1 N–H and O–H groups in total. The van der Waals surface area contributed by atoms with Crippen LogP contribution in [0.5, 0.6) is 0 Å². The lowest BCUT2D eigenvalue weighted by atomic mass is 9.94. The molecule has 0 spiro atoms. The highest BCUT2D eigenvalue weighted by Gasteiger charge is 2.45. The summed E-state index contributed by atoms with van der Waals surface area (Å²) in [7, 11) is 1.95. The molecule has 3 heteroatoms. The number of nitrogens with zero attached hydrogens (tertiary/aromatic N) is 2. The van der Waals surface area contributed by atoms with Gasteiger partial charge in [0.15, 0.2) is 0 Å². The van der Waals surface area contributed by atoms with Crippen molar-refractivity contribution in [3.05, 3.63) is 0 Å². The van der Waals surface area contributed by atoms with Crippen LogP contribution in [-0.4, -0.2) is 37.1 Å². The van der Waals surface area contributed by atoms with Crippen LogP contribution in [0.4, 0.5) is 0 Å². The van der Waals surface area contributed by atoms with Gasteiger partial charge in [0.1, 0.15) is 5.54 Å². The number of likely N-dealkylation sites (tertiary alicyclic amines) is 1. The molecule has 1 aliphatic heterocycles. The molecule has 96 valence electrons. The molecule has 0 aromatic rings. The number of hydrogen-bond donors (Lipinski definition) is 1. The van der Waals surface area contributed by atoms with Crippen LogP contribution in [0, 0.1) is 23.2 Å². The third-order valence-corrected chi connectivity index (χ3v) is 4.50. The lowest BCUT2D eigenvalue weighted by molar-refractivity contribution is 0.206. The van der Waals surface area contributed by atoms with E-state index >= 15 is 0 Å². The van der Waals surface area contributed by atoms with E-state index in [1.807, 2.05) is 7.05 Å². The Morgan fingerprint density at radius 2 is 2.06 bits per heavy atom. The van der Waals surface area contributed by atoms with Gasteiger partial charge in [-0.1, -0.05) is 6.92 Å². The van der Waals surface area contributed by atoms with Crippen molar-refractivity contribution in [2.24, 2.45) is 11.8 Å². The first-order valence-electron chi connectivity index (χ1n) is 7.02. The third-order valence-electron chi connectivity index (χ3n) is 4.50. The Morgan fingerprint density at radius 3 is 2.65 bits per heavy atom. The van der Waals surface area contributed by atoms with Crippen molar-refractivity contribution in [2.45, 2.75) is 44.6 Å². The maximum absolute atomic E-state index is 9.50. The smallest absolute Gasteiger partial charge is 0.122 e. The largest absolute Gasteiger partial charge is 0.301 e. The van der Waals surface area contributed by atoms with Crippen LogP contribution < -0.4 is 5.32 Å². The molecule has 2 rings (SSSR count). The van der Waals surface area contributed by atoms with Crippen LogP contribution in [0.25, 0.3) is 0 Å². The van der Waals surface area contributed by atoms with E-state index in [0.717, 1.165) is 12.5 Å². The van der Waals surface area contributed by atoms with E-state index in [0.29, 0.717) is 5.92 Å². The van der Waals surface area contributed by atoms with Gasteiger partial charge in [0.25, 0.3) is 0 Å². The van der Waals surface area contributed by atoms with E-state index in [1.165, 1.54) is 45.2 Å². The van der Waals surface area contributed by atoms with Gasteiger partial charge in [-0.25, -0.2) is 0 Å². The average molecular weight is 235 g/mol. The highest BCUT2D eigenvalue weighted by Crippen LogP contribution is 2.40. The van der Waals surface area contributed by atoms with Crippen molar-refractivity contribution < 1.29 is 0 Å². The SMILES string of the molecule is CNC(C#N)(CN1CCCC(C)CC1)C1CC1. The van der Waals surface area contributed by atoms with Gasteiger partial charge in [0.05, 0.1) is 6.07 Å². The zero-order valence-electron chi connectivity index (χ0n) is 11.2. The molecule has 2 atom stereocenters. The Hall–Kier alpha value is -0.590. The summed E-state index contributed by atoms with van der Waals surface area (Å²) in [6.45, 7) is 5.60. The monoisotopic (exact) mass is 235 g/mol. The zero-order chi connectivity index (χ0) is 12.3. The van der Waals surface area contributed by atoms with Gasteiger partial charge in [0.2, 0.25) is 0 Å².